The lowest BCUT2D eigenvalue weighted by Crippen LogP contribution is -2.50. The van der Waals surface area contributed by atoms with E-state index < -0.39 is 11.9 Å². The predicted molar refractivity (Wildman–Crippen MR) is 65.2 cm³/mol. The van der Waals surface area contributed by atoms with Crippen molar-refractivity contribution in [2.45, 2.75) is 18.3 Å². The number of aliphatic hydroxyl groups is 1. The van der Waals surface area contributed by atoms with Gasteiger partial charge in [0.25, 0.3) is 0 Å². The van der Waals surface area contributed by atoms with Crippen molar-refractivity contribution < 1.29 is 5.11 Å². The predicted octanol–water partition coefficient (Wildman–Crippen LogP) is -1.21. The Balaban J connectivity index is 1.99. The molecule has 2 aliphatic heterocycles. The van der Waals surface area contributed by atoms with Crippen LogP contribution in [0.4, 0.5) is 0 Å². The minimum atomic E-state index is -1.19. The standard InChI is InChI=1S/C10H12N6O/c11-8-7-9(14-4-13-7)16-10(12,15-8)5-1-2-6(17)3-5/h1-2,4-6,17H,3,12H2,(H2,11,15). The van der Waals surface area contributed by atoms with Gasteiger partial charge in [0.1, 0.15) is 6.34 Å². The SMILES string of the molecule is NC1=NC(N)(C2C=CC(O)C2)N=C2N=CN=C12. The Morgan fingerprint density at radius 1 is 1.35 bits per heavy atom. The van der Waals surface area contributed by atoms with Crippen molar-refractivity contribution in [2.75, 3.05) is 0 Å². The minimum Gasteiger partial charge on any atom is -0.389 e. The van der Waals surface area contributed by atoms with Gasteiger partial charge >= 0.3 is 0 Å². The molecule has 0 saturated carbocycles. The van der Waals surface area contributed by atoms with E-state index in [0.29, 0.717) is 18.0 Å². The van der Waals surface area contributed by atoms with E-state index in [2.05, 4.69) is 20.0 Å². The summed E-state index contributed by atoms with van der Waals surface area (Å²) in [5, 5.41) is 9.47. The van der Waals surface area contributed by atoms with E-state index in [0.717, 1.165) is 0 Å². The summed E-state index contributed by atoms with van der Waals surface area (Å²) in [5.74, 6) is -0.714. The van der Waals surface area contributed by atoms with E-state index in [4.69, 9.17) is 11.5 Å². The molecule has 0 amide bonds. The third-order valence-electron chi connectivity index (χ3n) is 3.01. The van der Waals surface area contributed by atoms with Crippen LogP contribution in [-0.4, -0.2) is 40.7 Å². The lowest BCUT2D eigenvalue weighted by molar-refractivity contribution is 0.189. The maximum absolute atomic E-state index is 9.47. The van der Waals surface area contributed by atoms with Crippen LogP contribution in [0.2, 0.25) is 0 Å². The van der Waals surface area contributed by atoms with Gasteiger partial charge in [0.15, 0.2) is 17.4 Å². The number of hydrogen-bond donors (Lipinski definition) is 3. The van der Waals surface area contributed by atoms with Gasteiger partial charge in [-0.25, -0.2) is 20.0 Å². The molecule has 7 heteroatoms. The summed E-state index contributed by atoms with van der Waals surface area (Å²) in [7, 11) is 0. The molecule has 3 atom stereocenters. The van der Waals surface area contributed by atoms with Crippen LogP contribution in [0.3, 0.4) is 0 Å². The third kappa shape index (κ3) is 1.51. The van der Waals surface area contributed by atoms with Crippen LogP contribution in [0, 0.1) is 5.92 Å². The summed E-state index contributed by atoms with van der Waals surface area (Å²) in [4.78, 5) is 16.4. The zero-order valence-corrected chi connectivity index (χ0v) is 8.98. The van der Waals surface area contributed by atoms with Crippen LogP contribution in [0.5, 0.6) is 0 Å². The molecule has 3 unspecified atom stereocenters. The Labute approximate surface area is 97.4 Å². The van der Waals surface area contributed by atoms with Crippen LogP contribution in [-0.2, 0) is 0 Å². The van der Waals surface area contributed by atoms with Crippen LogP contribution in [0.1, 0.15) is 6.42 Å². The van der Waals surface area contributed by atoms with E-state index in [1.165, 1.54) is 6.34 Å². The molecule has 0 aromatic rings. The van der Waals surface area contributed by atoms with Crippen molar-refractivity contribution in [1.29, 1.82) is 0 Å². The maximum atomic E-state index is 9.47. The number of aliphatic hydroxyl groups excluding tert-OH is 1. The van der Waals surface area contributed by atoms with Crippen molar-refractivity contribution >= 4 is 23.7 Å². The van der Waals surface area contributed by atoms with Gasteiger partial charge in [0.05, 0.1) is 6.10 Å². The quantitative estimate of drug-likeness (QED) is 0.491. The number of nitrogens with two attached hydrogens (primary N) is 2. The fourth-order valence-electron chi connectivity index (χ4n) is 2.12. The van der Waals surface area contributed by atoms with Crippen LogP contribution < -0.4 is 11.5 Å². The Morgan fingerprint density at radius 2 is 2.18 bits per heavy atom. The van der Waals surface area contributed by atoms with Crippen LogP contribution in [0.25, 0.3) is 0 Å². The molecule has 7 nitrogen and oxygen atoms in total. The molecule has 3 rings (SSSR count). The fourth-order valence-corrected chi connectivity index (χ4v) is 2.12. The van der Waals surface area contributed by atoms with Gasteiger partial charge in [-0.15, -0.1) is 0 Å². The van der Waals surface area contributed by atoms with E-state index >= 15 is 0 Å². The van der Waals surface area contributed by atoms with Crippen molar-refractivity contribution in [3.8, 4) is 0 Å². The Morgan fingerprint density at radius 3 is 2.88 bits per heavy atom. The van der Waals surface area contributed by atoms with Crippen molar-refractivity contribution in [1.82, 2.24) is 0 Å². The highest BCUT2D eigenvalue weighted by Gasteiger charge is 2.41. The molecule has 2 heterocycles. The smallest absolute Gasteiger partial charge is 0.213 e. The lowest BCUT2D eigenvalue weighted by atomic mass is 9.99. The molecule has 0 fully saturated rings. The number of nitrogens with zero attached hydrogens (tertiary/aromatic N) is 4. The zero-order valence-electron chi connectivity index (χ0n) is 8.98. The summed E-state index contributed by atoms with van der Waals surface area (Å²) < 4.78 is 0. The molecule has 1 aliphatic carbocycles. The first-order valence-corrected chi connectivity index (χ1v) is 5.30. The van der Waals surface area contributed by atoms with Gasteiger partial charge in [0.2, 0.25) is 5.79 Å². The van der Waals surface area contributed by atoms with E-state index in [9.17, 15) is 5.11 Å². The van der Waals surface area contributed by atoms with Gasteiger partial charge < -0.3 is 10.8 Å². The molecule has 17 heavy (non-hydrogen) atoms. The average Bonchev–Trinajstić information content (AvgIpc) is 2.86. The van der Waals surface area contributed by atoms with Gasteiger partial charge in [-0.2, -0.15) is 0 Å². The molecular weight excluding hydrogens is 220 g/mol. The van der Waals surface area contributed by atoms with E-state index in [1.54, 1.807) is 6.08 Å². The summed E-state index contributed by atoms with van der Waals surface area (Å²) in [6, 6.07) is 0. The van der Waals surface area contributed by atoms with E-state index in [1.807, 2.05) is 6.08 Å². The molecule has 0 spiro atoms. The number of aliphatic imine (C=N–C) groups is 4. The second-order valence-corrected chi connectivity index (χ2v) is 4.23. The monoisotopic (exact) mass is 232 g/mol. The number of amidine groups is 2. The van der Waals surface area contributed by atoms with Crippen molar-refractivity contribution in [3.05, 3.63) is 12.2 Å². The van der Waals surface area contributed by atoms with Crippen molar-refractivity contribution in [2.24, 2.45) is 37.4 Å². The third-order valence-corrected chi connectivity index (χ3v) is 3.01. The average molecular weight is 232 g/mol. The second-order valence-electron chi connectivity index (χ2n) is 4.23. The van der Waals surface area contributed by atoms with Crippen molar-refractivity contribution in [3.63, 3.8) is 0 Å². The highest BCUT2D eigenvalue weighted by atomic mass is 16.3. The van der Waals surface area contributed by atoms with Crippen LogP contribution in [0.15, 0.2) is 32.1 Å². The summed E-state index contributed by atoms with van der Waals surface area (Å²) >= 11 is 0. The zero-order chi connectivity index (χ0) is 12.0. The fraction of sp³-hybridized carbons (Fsp3) is 0.400. The van der Waals surface area contributed by atoms with Gasteiger partial charge in [-0.1, -0.05) is 12.2 Å². The molecule has 5 N–H and O–H groups in total. The first kappa shape index (κ1) is 10.3. The molecule has 0 radical (unpaired) electrons. The molecule has 0 bridgehead atoms. The number of fused-ring (bicyclic) bond motifs is 1. The molecule has 0 aromatic heterocycles. The van der Waals surface area contributed by atoms with E-state index in [-0.39, 0.29) is 11.8 Å². The molecule has 3 aliphatic rings. The second kappa shape index (κ2) is 3.31. The normalized spacial score (nSPS) is 38.8. The lowest BCUT2D eigenvalue weighted by Gasteiger charge is -2.29. The van der Waals surface area contributed by atoms with Crippen LogP contribution >= 0.6 is 0 Å². The summed E-state index contributed by atoms with van der Waals surface area (Å²) in [5.41, 5.74) is 12.4. The number of hydrogen-bond acceptors (Lipinski definition) is 7. The first-order valence-electron chi connectivity index (χ1n) is 5.30. The Bertz CT molecular complexity index is 517. The number of rotatable bonds is 1. The largest absolute Gasteiger partial charge is 0.389 e. The molecule has 0 aromatic carbocycles. The first-order chi connectivity index (χ1) is 8.08. The Kier molecular flexibility index (Phi) is 2.01. The molecule has 0 saturated heterocycles. The molecular formula is C10H12N6O. The highest BCUT2D eigenvalue weighted by Crippen LogP contribution is 2.31. The topological polar surface area (TPSA) is 122 Å². The molecule has 88 valence electrons. The summed E-state index contributed by atoms with van der Waals surface area (Å²) in [6.45, 7) is 0. The van der Waals surface area contributed by atoms with Gasteiger partial charge in [-0.05, 0) is 6.42 Å². The highest BCUT2D eigenvalue weighted by molar-refractivity contribution is 6.70. The summed E-state index contributed by atoms with van der Waals surface area (Å²) in [6.07, 6.45) is 4.86. The van der Waals surface area contributed by atoms with Gasteiger partial charge in [-0.3, -0.25) is 5.73 Å². The minimum absolute atomic E-state index is 0.180. The Hall–Kier alpha value is -1.86. The van der Waals surface area contributed by atoms with Gasteiger partial charge in [0, 0.05) is 5.92 Å². The maximum Gasteiger partial charge on any atom is 0.213 e.